The fraction of sp³-hybridized carbons (Fsp3) is 0.111. The average molecular weight is 323 g/mol. The van der Waals surface area contributed by atoms with Crippen LogP contribution in [0, 0.1) is 6.92 Å². The van der Waals surface area contributed by atoms with Crippen molar-refractivity contribution in [3.63, 3.8) is 0 Å². The first-order valence-electron chi connectivity index (χ1n) is 7.25. The van der Waals surface area contributed by atoms with Crippen LogP contribution in [0.4, 0.5) is 0 Å². The second-order valence-corrected chi connectivity index (χ2v) is 5.81. The number of thiazole rings is 1. The average Bonchev–Trinajstić information content (AvgIpc) is 3.21. The fourth-order valence-electron chi connectivity index (χ4n) is 2.03. The van der Waals surface area contributed by atoms with Crippen LogP contribution in [0.25, 0.3) is 11.5 Å². The van der Waals surface area contributed by atoms with Crippen molar-refractivity contribution >= 4 is 17.6 Å². The van der Waals surface area contributed by atoms with Crippen LogP contribution in [0.15, 0.2) is 75.2 Å². The van der Waals surface area contributed by atoms with Crippen molar-refractivity contribution in [3.05, 3.63) is 76.6 Å². The molecule has 0 saturated carbocycles. The van der Waals surface area contributed by atoms with Crippen LogP contribution in [-0.4, -0.2) is 17.4 Å². The lowest BCUT2D eigenvalue weighted by molar-refractivity contribution is 0.575. The summed E-state index contributed by atoms with van der Waals surface area (Å²) in [4.78, 5) is 5.29. The SMILES string of the molecule is C=CCN=c1scc(-c2ccco2)n1N=Cc1ccc(C)cc1. The van der Waals surface area contributed by atoms with Gasteiger partial charge in [-0.05, 0) is 24.6 Å². The lowest BCUT2D eigenvalue weighted by Crippen LogP contribution is -2.12. The van der Waals surface area contributed by atoms with Crippen LogP contribution >= 0.6 is 11.3 Å². The van der Waals surface area contributed by atoms with E-state index in [0.717, 1.165) is 21.8 Å². The molecule has 1 aromatic carbocycles. The molecule has 0 atom stereocenters. The molecule has 0 unspecified atom stereocenters. The lowest BCUT2D eigenvalue weighted by Gasteiger charge is -2.00. The van der Waals surface area contributed by atoms with Gasteiger partial charge in [-0.25, -0.2) is 4.68 Å². The second kappa shape index (κ2) is 7.07. The fourth-order valence-corrected chi connectivity index (χ4v) is 2.86. The number of nitrogens with zero attached hydrogens (tertiary/aromatic N) is 3. The van der Waals surface area contributed by atoms with E-state index in [1.165, 1.54) is 16.9 Å². The Labute approximate surface area is 138 Å². The van der Waals surface area contributed by atoms with Crippen molar-refractivity contribution in [1.29, 1.82) is 0 Å². The van der Waals surface area contributed by atoms with Gasteiger partial charge in [0.15, 0.2) is 5.76 Å². The molecule has 0 N–H and O–H groups in total. The smallest absolute Gasteiger partial charge is 0.206 e. The van der Waals surface area contributed by atoms with Crippen LogP contribution in [0.3, 0.4) is 0 Å². The molecule has 4 nitrogen and oxygen atoms in total. The third-order valence-electron chi connectivity index (χ3n) is 3.21. The van der Waals surface area contributed by atoms with Gasteiger partial charge in [0.2, 0.25) is 4.80 Å². The van der Waals surface area contributed by atoms with Crippen LogP contribution in [-0.2, 0) is 0 Å². The molecule has 0 amide bonds. The predicted molar refractivity (Wildman–Crippen MR) is 94.8 cm³/mol. The maximum Gasteiger partial charge on any atom is 0.206 e. The number of aryl methyl sites for hydroxylation is 1. The molecule has 2 heterocycles. The summed E-state index contributed by atoms with van der Waals surface area (Å²) in [7, 11) is 0. The van der Waals surface area contributed by atoms with Crippen molar-refractivity contribution in [2.45, 2.75) is 6.92 Å². The van der Waals surface area contributed by atoms with E-state index in [1.54, 1.807) is 17.0 Å². The standard InChI is InChI=1S/C18H17N3OS/c1-3-10-19-18-21(16(13-23-18)17-5-4-11-22-17)20-12-15-8-6-14(2)7-9-15/h3-9,11-13H,1,10H2,2H3. The summed E-state index contributed by atoms with van der Waals surface area (Å²) in [6.07, 6.45) is 5.24. The quantitative estimate of drug-likeness (QED) is 0.515. The minimum Gasteiger partial charge on any atom is -0.463 e. The maximum atomic E-state index is 5.50. The van der Waals surface area contributed by atoms with E-state index in [4.69, 9.17) is 4.42 Å². The minimum atomic E-state index is 0.554. The Hall–Kier alpha value is -2.66. The van der Waals surface area contributed by atoms with Gasteiger partial charge >= 0.3 is 0 Å². The molecular weight excluding hydrogens is 306 g/mol. The topological polar surface area (TPSA) is 42.8 Å². The van der Waals surface area contributed by atoms with Crippen molar-refractivity contribution < 1.29 is 4.42 Å². The van der Waals surface area contributed by atoms with Crippen molar-refractivity contribution in [1.82, 2.24) is 4.68 Å². The van der Waals surface area contributed by atoms with E-state index in [9.17, 15) is 0 Å². The molecule has 0 bridgehead atoms. The van der Waals surface area contributed by atoms with E-state index >= 15 is 0 Å². The number of benzene rings is 1. The molecule has 3 rings (SSSR count). The number of aromatic nitrogens is 1. The van der Waals surface area contributed by atoms with E-state index in [1.807, 2.05) is 35.9 Å². The Morgan fingerprint density at radius 3 is 2.78 bits per heavy atom. The van der Waals surface area contributed by atoms with Gasteiger partial charge in [0.25, 0.3) is 0 Å². The predicted octanol–water partition coefficient (Wildman–Crippen LogP) is 4.09. The second-order valence-electron chi connectivity index (χ2n) is 4.98. The zero-order valence-corrected chi connectivity index (χ0v) is 13.7. The van der Waals surface area contributed by atoms with Gasteiger partial charge in [-0.2, -0.15) is 5.10 Å². The molecule has 3 aromatic rings. The minimum absolute atomic E-state index is 0.554. The molecule has 0 aliphatic rings. The Kier molecular flexibility index (Phi) is 4.68. The molecule has 0 spiro atoms. The molecule has 0 fully saturated rings. The van der Waals surface area contributed by atoms with Gasteiger partial charge < -0.3 is 4.42 Å². The normalized spacial score (nSPS) is 12.1. The van der Waals surface area contributed by atoms with E-state index in [2.05, 4.69) is 35.7 Å². The monoisotopic (exact) mass is 323 g/mol. The van der Waals surface area contributed by atoms with Gasteiger partial charge in [-0.3, -0.25) is 4.99 Å². The summed E-state index contributed by atoms with van der Waals surface area (Å²) >= 11 is 1.53. The van der Waals surface area contributed by atoms with Gasteiger partial charge in [0, 0.05) is 5.38 Å². The van der Waals surface area contributed by atoms with Crippen LogP contribution < -0.4 is 4.80 Å². The Balaban J connectivity index is 2.03. The highest BCUT2D eigenvalue weighted by Gasteiger charge is 2.09. The van der Waals surface area contributed by atoms with E-state index in [0.29, 0.717) is 6.54 Å². The zero-order chi connectivity index (χ0) is 16.1. The van der Waals surface area contributed by atoms with Crippen LogP contribution in [0.5, 0.6) is 0 Å². The first-order valence-corrected chi connectivity index (χ1v) is 8.13. The summed E-state index contributed by atoms with van der Waals surface area (Å²) in [5.74, 6) is 0.766. The van der Waals surface area contributed by atoms with Crippen molar-refractivity contribution in [2.24, 2.45) is 10.1 Å². The summed E-state index contributed by atoms with van der Waals surface area (Å²) in [5, 5.41) is 6.58. The number of rotatable bonds is 5. The Bertz CT molecular complexity index is 868. The molecule has 0 aliphatic carbocycles. The van der Waals surface area contributed by atoms with Crippen LogP contribution in [0.2, 0.25) is 0 Å². The third-order valence-corrected chi connectivity index (χ3v) is 4.07. The molecule has 0 aliphatic heterocycles. The van der Waals surface area contributed by atoms with Gasteiger partial charge in [0.1, 0.15) is 5.69 Å². The number of furan rings is 1. The van der Waals surface area contributed by atoms with Crippen LogP contribution in [0.1, 0.15) is 11.1 Å². The first-order chi connectivity index (χ1) is 11.3. The molecule has 2 aromatic heterocycles. The molecule has 0 radical (unpaired) electrons. The molecule has 5 heteroatoms. The Morgan fingerprint density at radius 2 is 2.09 bits per heavy atom. The Morgan fingerprint density at radius 1 is 1.26 bits per heavy atom. The lowest BCUT2D eigenvalue weighted by atomic mass is 10.2. The third kappa shape index (κ3) is 3.57. The van der Waals surface area contributed by atoms with Gasteiger partial charge in [-0.15, -0.1) is 17.9 Å². The van der Waals surface area contributed by atoms with Gasteiger partial charge in [0.05, 0.1) is 19.0 Å². The number of hydrogen-bond acceptors (Lipinski definition) is 4. The summed E-state index contributed by atoms with van der Waals surface area (Å²) < 4.78 is 7.29. The highest BCUT2D eigenvalue weighted by molar-refractivity contribution is 7.07. The van der Waals surface area contributed by atoms with Gasteiger partial charge in [-0.1, -0.05) is 35.9 Å². The summed E-state index contributed by atoms with van der Waals surface area (Å²) in [6, 6.07) is 12.0. The maximum absolute atomic E-state index is 5.50. The largest absolute Gasteiger partial charge is 0.463 e. The van der Waals surface area contributed by atoms with E-state index in [-0.39, 0.29) is 0 Å². The number of hydrogen-bond donors (Lipinski definition) is 0. The first kappa shape index (κ1) is 15.2. The molecule has 116 valence electrons. The summed E-state index contributed by atoms with van der Waals surface area (Å²) in [5.41, 5.74) is 3.14. The van der Waals surface area contributed by atoms with Crippen molar-refractivity contribution in [2.75, 3.05) is 6.54 Å². The highest BCUT2D eigenvalue weighted by Crippen LogP contribution is 2.20. The van der Waals surface area contributed by atoms with E-state index < -0.39 is 0 Å². The molecule has 23 heavy (non-hydrogen) atoms. The van der Waals surface area contributed by atoms with Crippen molar-refractivity contribution in [3.8, 4) is 11.5 Å². The zero-order valence-electron chi connectivity index (χ0n) is 12.8. The molecular formula is C18H17N3OS. The highest BCUT2D eigenvalue weighted by atomic mass is 32.1. The summed E-state index contributed by atoms with van der Waals surface area (Å²) in [6.45, 7) is 6.33. The molecule has 0 saturated heterocycles.